The van der Waals surface area contributed by atoms with Crippen LogP contribution < -0.4 is 0 Å². The van der Waals surface area contributed by atoms with Gasteiger partial charge in [0.1, 0.15) is 0 Å². The first-order chi connectivity index (χ1) is 7.86. The Balaban J connectivity index is 2.14. The maximum atomic E-state index is 5.67. The molecule has 0 fully saturated rings. The summed E-state index contributed by atoms with van der Waals surface area (Å²) in [5.74, 6) is 0. The fourth-order valence-electron chi connectivity index (χ4n) is 1.52. The van der Waals surface area contributed by atoms with Crippen molar-refractivity contribution in [2.24, 2.45) is 0 Å². The van der Waals surface area contributed by atoms with Crippen molar-refractivity contribution in [2.75, 3.05) is 13.2 Å². The molecule has 0 aromatic carbocycles. The van der Waals surface area contributed by atoms with Crippen LogP contribution in [0.2, 0.25) is 0 Å². The lowest BCUT2D eigenvalue weighted by Crippen LogP contribution is -2.17. The summed E-state index contributed by atoms with van der Waals surface area (Å²) < 4.78 is 11.3. The third-order valence-corrected chi connectivity index (χ3v) is 2.60. The minimum atomic E-state index is 0.151. The third kappa shape index (κ3) is 5.47. The van der Waals surface area contributed by atoms with Gasteiger partial charge in [0.2, 0.25) is 0 Å². The van der Waals surface area contributed by atoms with Gasteiger partial charge >= 0.3 is 0 Å². The second-order valence-corrected chi connectivity index (χ2v) is 4.15. The molecule has 0 unspecified atom stereocenters. The average molecular weight is 224 g/mol. The molecule has 2 heteroatoms. The van der Waals surface area contributed by atoms with Gasteiger partial charge in [-0.2, -0.15) is 0 Å². The molecule has 0 atom stereocenters. The van der Waals surface area contributed by atoms with E-state index in [1.165, 1.54) is 12.8 Å². The van der Waals surface area contributed by atoms with Gasteiger partial charge in [0.25, 0.3) is 0 Å². The van der Waals surface area contributed by atoms with Crippen LogP contribution in [0.5, 0.6) is 0 Å². The predicted molar refractivity (Wildman–Crippen MR) is 67.6 cm³/mol. The zero-order chi connectivity index (χ0) is 11.6. The van der Waals surface area contributed by atoms with Crippen LogP contribution in [0.25, 0.3) is 0 Å². The highest BCUT2D eigenvalue weighted by atomic mass is 16.5. The molecule has 0 radical (unpaired) electrons. The summed E-state index contributed by atoms with van der Waals surface area (Å²) in [6, 6.07) is 0. The van der Waals surface area contributed by atoms with Crippen LogP contribution in [0.15, 0.2) is 24.3 Å². The van der Waals surface area contributed by atoms with Gasteiger partial charge in [0.15, 0.2) is 0 Å². The van der Waals surface area contributed by atoms with Gasteiger partial charge in [-0.15, -0.1) is 0 Å². The summed E-state index contributed by atoms with van der Waals surface area (Å²) in [5.41, 5.74) is 0. The fraction of sp³-hybridized carbons (Fsp3) is 0.714. The van der Waals surface area contributed by atoms with E-state index in [9.17, 15) is 0 Å². The van der Waals surface area contributed by atoms with Gasteiger partial charge in [-0.25, -0.2) is 0 Å². The van der Waals surface area contributed by atoms with E-state index in [1.807, 2.05) is 0 Å². The van der Waals surface area contributed by atoms with Gasteiger partial charge in [0, 0.05) is 13.2 Å². The smallest absolute Gasteiger partial charge is 0.0939 e. The van der Waals surface area contributed by atoms with E-state index in [1.54, 1.807) is 0 Å². The molecule has 0 aliphatic heterocycles. The standard InChI is InChI=1S/C14H24O2/c1-3-5-11-15-13-7-9-14(10-8-13)16-12-6-4-2/h7-10,13-14H,3-6,11-12H2,1-2H3. The van der Waals surface area contributed by atoms with Crippen LogP contribution in [-0.4, -0.2) is 25.4 Å². The third-order valence-electron chi connectivity index (χ3n) is 2.60. The van der Waals surface area contributed by atoms with Gasteiger partial charge in [0.05, 0.1) is 12.2 Å². The first-order valence-corrected chi connectivity index (χ1v) is 6.46. The Kier molecular flexibility index (Phi) is 7.19. The Labute approximate surface area is 99.3 Å². The van der Waals surface area contributed by atoms with Crippen molar-refractivity contribution in [1.29, 1.82) is 0 Å². The fourth-order valence-corrected chi connectivity index (χ4v) is 1.52. The van der Waals surface area contributed by atoms with E-state index in [0.29, 0.717) is 0 Å². The first kappa shape index (κ1) is 13.5. The molecule has 16 heavy (non-hydrogen) atoms. The highest BCUT2D eigenvalue weighted by Crippen LogP contribution is 2.10. The van der Waals surface area contributed by atoms with Crippen molar-refractivity contribution in [3.05, 3.63) is 24.3 Å². The molecular weight excluding hydrogens is 200 g/mol. The normalized spacial score (nSPS) is 23.9. The van der Waals surface area contributed by atoms with Crippen LogP contribution in [0.3, 0.4) is 0 Å². The molecule has 0 heterocycles. The summed E-state index contributed by atoms with van der Waals surface area (Å²) in [5, 5.41) is 0. The maximum Gasteiger partial charge on any atom is 0.0939 e. The molecule has 0 spiro atoms. The largest absolute Gasteiger partial charge is 0.370 e. The summed E-state index contributed by atoms with van der Waals surface area (Å²) in [7, 11) is 0. The van der Waals surface area contributed by atoms with Crippen LogP contribution in [0, 0.1) is 0 Å². The molecule has 0 saturated carbocycles. The molecule has 1 rings (SSSR count). The first-order valence-electron chi connectivity index (χ1n) is 6.46. The van der Waals surface area contributed by atoms with Crippen molar-refractivity contribution in [2.45, 2.75) is 51.7 Å². The minimum Gasteiger partial charge on any atom is -0.370 e. The molecule has 0 aromatic heterocycles. The highest BCUT2D eigenvalue weighted by Gasteiger charge is 2.09. The SMILES string of the molecule is CCCCOC1C=CC(OCCCC)C=C1. The molecule has 1 aliphatic rings. The number of unbranched alkanes of at least 4 members (excludes halogenated alkanes) is 2. The van der Waals surface area contributed by atoms with E-state index in [-0.39, 0.29) is 12.2 Å². The van der Waals surface area contributed by atoms with Gasteiger partial charge < -0.3 is 9.47 Å². The minimum absolute atomic E-state index is 0.151. The molecule has 2 nitrogen and oxygen atoms in total. The van der Waals surface area contributed by atoms with Gasteiger partial charge in [-0.1, -0.05) is 51.0 Å². The number of rotatable bonds is 8. The summed E-state index contributed by atoms with van der Waals surface area (Å²) in [6.07, 6.45) is 13.3. The van der Waals surface area contributed by atoms with Gasteiger partial charge in [-0.05, 0) is 12.8 Å². The van der Waals surface area contributed by atoms with E-state index >= 15 is 0 Å². The monoisotopic (exact) mass is 224 g/mol. The molecule has 0 aromatic rings. The zero-order valence-corrected chi connectivity index (χ0v) is 10.5. The van der Waals surface area contributed by atoms with Crippen LogP contribution >= 0.6 is 0 Å². The second kappa shape index (κ2) is 8.54. The highest BCUT2D eigenvalue weighted by molar-refractivity contribution is 5.16. The zero-order valence-electron chi connectivity index (χ0n) is 10.5. The van der Waals surface area contributed by atoms with Crippen molar-refractivity contribution >= 4 is 0 Å². The Morgan fingerprint density at radius 1 is 0.750 bits per heavy atom. The number of hydrogen-bond donors (Lipinski definition) is 0. The summed E-state index contributed by atoms with van der Waals surface area (Å²) in [6.45, 7) is 6.04. The predicted octanol–water partition coefficient (Wildman–Crippen LogP) is 3.48. The number of ether oxygens (including phenoxy) is 2. The van der Waals surface area contributed by atoms with Crippen LogP contribution in [0.4, 0.5) is 0 Å². The maximum absolute atomic E-state index is 5.67. The molecule has 0 bridgehead atoms. The summed E-state index contributed by atoms with van der Waals surface area (Å²) in [4.78, 5) is 0. The molecule has 0 amide bonds. The van der Waals surface area contributed by atoms with Gasteiger partial charge in [-0.3, -0.25) is 0 Å². The van der Waals surface area contributed by atoms with Crippen molar-refractivity contribution in [1.82, 2.24) is 0 Å². The van der Waals surface area contributed by atoms with Crippen molar-refractivity contribution in [3.8, 4) is 0 Å². The molecular formula is C14H24O2. The topological polar surface area (TPSA) is 18.5 Å². The Morgan fingerprint density at radius 3 is 1.44 bits per heavy atom. The van der Waals surface area contributed by atoms with Crippen molar-refractivity contribution in [3.63, 3.8) is 0 Å². The van der Waals surface area contributed by atoms with Crippen LogP contribution in [0.1, 0.15) is 39.5 Å². The van der Waals surface area contributed by atoms with E-state index in [2.05, 4.69) is 38.2 Å². The molecule has 0 saturated heterocycles. The lowest BCUT2D eigenvalue weighted by atomic mass is 10.1. The Bertz CT molecular complexity index is 185. The van der Waals surface area contributed by atoms with E-state index < -0.39 is 0 Å². The summed E-state index contributed by atoms with van der Waals surface area (Å²) >= 11 is 0. The van der Waals surface area contributed by atoms with E-state index in [4.69, 9.17) is 9.47 Å². The quantitative estimate of drug-likeness (QED) is 0.464. The van der Waals surface area contributed by atoms with Crippen LogP contribution in [-0.2, 0) is 9.47 Å². The lowest BCUT2D eigenvalue weighted by Gasteiger charge is -2.17. The Morgan fingerprint density at radius 2 is 1.12 bits per heavy atom. The second-order valence-electron chi connectivity index (χ2n) is 4.15. The molecule has 92 valence electrons. The number of hydrogen-bond acceptors (Lipinski definition) is 2. The molecule has 1 aliphatic carbocycles. The lowest BCUT2D eigenvalue weighted by molar-refractivity contribution is 0.0923. The van der Waals surface area contributed by atoms with E-state index in [0.717, 1.165) is 26.1 Å². The Hall–Kier alpha value is -0.600. The average Bonchev–Trinajstić information content (AvgIpc) is 2.32. The van der Waals surface area contributed by atoms with Crippen molar-refractivity contribution < 1.29 is 9.47 Å². The molecule has 0 N–H and O–H groups in total.